The fraction of sp³-hybridized carbons (Fsp3) is 0.900. The van der Waals surface area contributed by atoms with Crippen LogP contribution in [0.2, 0.25) is 0 Å². The lowest BCUT2D eigenvalue weighted by Gasteiger charge is -2.32. The van der Waals surface area contributed by atoms with E-state index < -0.39 is 11.9 Å². The predicted molar refractivity (Wildman–Crippen MR) is 93.2 cm³/mol. The zero-order chi connectivity index (χ0) is 17.2. The second-order valence-corrected chi connectivity index (χ2v) is 7.78. The number of nitrogens with one attached hydrogen (secondary N) is 1. The van der Waals surface area contributed by atoms with Gasteiger partial charge in [0.1, 0.15) is 0 Å². The maximum Gasteiger partial charge on any atom is 0.223 e. The van der Waals surface area contributed by atoms with Gasteiger partial charge in [-0.3, -0.25) is 4.79 Å². The van der Waals surface area contributed by atoms with Crippen molar-refractivity contribution >= 4 is 11.9 Å². The molecule has 2 atom stereocenters. The minimum absolute atomic E-state index is 0.0407. The second-order valence-electron chi connectivity index (χ2n) is 7.78. The lowest BCUT2D eigenvalue weighted by molar-refractivity contribution is -0.314. The SMILES string of the molecule is O=C([O-])[C@@H]1CCCC[C@H]1C(=O)NC1CCCCCCCCCCC1. The number of rotatable bonds is 3. The Bertz CT molecular complexity index is 384. The van der Waals surface area contributed by atoms with Crippen LogP contribution in [-0.4, -0.2) is 17.9 Å². The van der Waals surface area contributed by atoms with Crippen molar-refractivity contribution < 1.29 is 14.7 Å². The van der Waals surface area contributed by atoms with Gasteiger partial charge in [-0.25, -0.2) is 0 Å². The van der Waals surface area contributed by atoms with E-state index in [1.54, 1.807) is 0 Å². The molecular formula is C20H34NO3-. The summed E-state index contributed by atoms with van der Waals surface area (Å²) in [4.78, 5) is 24.0. The van der Waals surface area contributed by atoms with Crippen molar-refractivity contribution in [3.63, 3.8) is 0 Å². The van der Waals surface area contributed by atoms with Gasteiger partial charge in [0.2, 0.25) is 5.91 Å². The van der Waals surface area contributed by atoms with Crippen molar-refractivity contribution in [2.75, 3.05) is 0 Å². The van der Waals surface area contributed by atoms with Crippen molar-refractivity contribution in [3.05, 3.63) is 0 Å². The van der Waals surface area contributed by atoms with Gasteiger partial charge in [0.05, 0.1) is 0 Å². The molecule has 2 aliphatic carbocycles. The Labute approximate surface area is 146 Å². The summed E-state index contributed by atoms with van der Waals surface area (Å²) in [5.41, 5.74) is 0. The summed E-state index contributed by atoms with van der Waals surface area (Å²) in [5.74, 6) is -2.07. The van der Waals surface area contributed by atoms with E-state index in [0.29, 0.717) is 12.8 Å². The molecule has 0 aliphatic heterocycles. The smallest absolute Gasteiger partial charge is 0.223 e. The molecule has 1 amide bonds. The fourth-order valence-electron chi connectivity index (χ4n) is 4.34. The molecular weight excluding hydrogens is 302 g/mol. The van der Waals surface area contributed by atoms with E-state index in [0.717, 1.165) is 25.7 Å². The molecule has 0 radical (unpaired) electrons. The monoisotopic (exact) mass is 336 g/mol. The Morgan fingerprint density at radius 1 is 0.625 bits per heavy atom. The largest absolute Gasteiger partial charge is 0.550 e. The maximum absolute atomic E-state index is 12.7. The van der Waals surface area contributed by atoms with E-state index in [9.17, 15) is 14.7 Å². The summed E-state index contributed by atoms with van der Waals surface area (Å²) in [6.45, 7) is 0. The molecule has 0 aromatic heterocycles. The Morgan fingerprint density at radius 2 is 1.04 bits per heavy atom. The Kier molecular flexibility index (Phi) is 8.62. The first kappa shape index (κ1) is 19.3. The molecule has 24 heavy (non-hydrogen) atoms. The van der Waals surface area contributed by atoms with E-state index in [4.69, 9.17) is 0 Å². The molecule has 4 heteroatoms. The minimum Gasteiger partial charge on any atom is -0.550 e. The number of carboxylic acids is 1. The van der Waals surface area contributed by atoms with Gasteiger partial charge < -0.3 is 15.2 Å². The van der Waals surface area contributed by atoms with Crippen LogP contribution in [0.25, 0.3) is 0 Å². The molecule has 4 nitrogen and oxygen atoms in total. The summed E-state index contributed by atoms with van der Waals surface area (Å²) in [6.07, 6.45) is 16.7. The quantitative estimate of drug-likeness (QED) is 0.859. The molecule has 2 saturated carbocycles. The van der Waals surface area contributed by atoms with Crippen LogP contribution in [0.15, 0.2) is 0 Å². The summed E-state index contributed by atoms with van der Waals surface area (Å²) in [7, 11) is 0. The summed E-state index contributed by atoms with van der Waals surface area (Å²) < 4.78 is 0. The molecule has 2 fully saturated rings. The van der Waals surface area contributed by atoms with Crippen molar-refractivity contribution in [1.82, 2.24) is 5.32 Å². The van der Waals surface area contributed by atoms with E-state index in [2.05, 4.69) is 5.32 Å². The van der Waals surface area contributed by atoms with Gasteiger partial charge >= 0.3 is 0 Å². The van der Waals surface area contributed by atoms with Crippen LogP contribution in [0.1, 0.15) is 96.3 Å². The average molecular weight is 336 g/mol. The maximum atomic E-state index is 12.7. The summed E-state index contributed by atoms with van der Waals surface area (Å²) >= 11 is 0. The molecule has 0 unspecified atom stereocenters. The number of carbonyl (C=O) groups is 2. The van der Waals surface area contributed by atoms with Crippen LogP contribution in [-0.2, 0) is 9.59 Å². The minimum atomic E-state index is -1.05. The number of amides is 1. The molecule has 0 bridgehead atoms. The van der Waals surface area contributed by atoms with Gasteiger partial charge in [0.15, 0.2) is 0 Å². The van der Waals surface area contributed by atoms with E-state index >= 15 is 0 Å². The van der Waals surface area contributed by atoms with E-state index in [-0.39, 0.29) is 17.9 Å². The van der Waals surface area contributed by atoms with Gasteiger partial charge in [-0.2, -0.15) is 0 Å². The molecule has 2 rings (SSSR count). The molecule has 0 aromatic rings. The molecule has 0 spiro atoms. The van der Waals surface area contributed by atoms with Gasteiger partial charge in [-0.15, -0.1) is 0 Å². The second kappa shape index (κ2) is 10.7. The zero-order valence-electron chi connectivity index (χ0n) is 15.1. The van der Waals surface area contributed by atoms with E-state index in [1.807, 2.05) is 0 Å². The molecule has 0 heterocycles. The predicted octanol–water partition coefficient (Wildman–Crippen LogP) is 3.33. The molecule has 2 aliphatic rings. The van der Waals surface area contributed by atoms with Crippen molar-refractivity contribution in [2.45, 2.75) is 102 Å². The fourth-order valence-corrected chi connectivity index (χ4v) is 4.34. The van der Waals surface area contributed by atoms with Gasteiger partial charge in [0.25, 0.3) is 0 Å². The Hall–Kier alpha value is -1.06. The first-order valence-electron chi connectivity index (χ1n) is 10.2. The normalized spacial score (nSPS) is 28.3. The number of carboxylic acid groups (broad SMARTS) is 1. The van der Waals surface area contributed by atoms with Crippen molar-refractivity contribution in [2.24, 2.45) is 11.8 Å². The van der Waals surface area contributed by atoms with Crippen molar-refractivity contribution in [1.29, 1.82) is 0 Å². The van der Waals surface area contributed by atoms with Crippen LogP contribution in [0.4, 0.5) is 0 Å². The molecule has 138 valence electrons. The Morgan fingerprint density at radius 3 is 1.54 bits per heavy atom. The van der Waals surface area contributed by atoms with Crippen LogP contribution < -0.4 is 10.4 Å². The highest BCUT2D eigenvalue weighted by molar-refractivity contribution is 5.84. The lowest BCUT2D eigenvalue weighted by Crippen LogP contribution is -2.47. The third-order valence-electron chi connectivity index (χ3n) is 5.86. The standard InChI is InChI=1S/C20H35NO3/c22-19(17-14-10-11-15-18(17)20(23)24)21-16-12-8-6-4-2-1-3-5-7-9-13-16/h16-18H,1-15H2,(H,21,22)(H,23,24)/p-1/t17-,18-/m1/s1. The molecule has 1 N–H and O–H groups in total. The average Bonchev–Trinajstić information content (AvgIpc) is 2.57. The number of hydrogen-bond acceptors (Lipinski definition) is 3. The third kappa shape index (κ3) is 6.45. The van der Waals surface area contributed by atoms with Gasteiger partial charge in [-0.05, 0) is 25.7 Å². The first-order chi connectivity index (χ1) is 11.7. The summed E-state index contributed by atoms with van der Waals surface area (Å²) in [6, 6.07) is 0.223. The topological polar surface area (TPSA) is 69.2 Å². The highest BCUT2D eigenvalue weighted by Crippen LogP contribution is 2.30. The number of hydrogen-bond donors (Lipinski definition) is 1. The number of aliphatic carboxylic acids is 1. The van der Waals surface area contributed by atoms with Crippen LogP contribution >= 0.6 is 0 Å². The Balaban J connectivity index is 1.87. The van der Waals surface area contributed by atoms with E-state index in [1.165, 1.54) is 57.8 Å². The highest BCUT2D eigenvalue weighted by Gasteiger charge is 2.32. The molecule has 0 saturated heterocycles. The first-order valence-corrected chi connectivity index (χ1v) is 10.2. The van der Waals surface area contributed by atoms with Crippen molar-refractivity contribution in [3.8, 4) is 0 Å². The highest BCUT2D eigenvalue weighted by atomic mass is 16.4. The summed E-state index contributed by atoms with van der Waals surface area (Å²) in [5, 5.41) is 14.5. The lowest BCUT2D eigenvalue weighted by atomic mass is 9.78. The van der Waals surface area contributed by atoms with Crippen LogP contribution in [0.3, 0.4) is 0 Å². The zero-order valence-corrected chi connectivity index (χ0v) is 15.1. The van der Waals surface area contributed by atoms with Gasteiger partial charge in [-0.1, -0.05) is 70.6 Å². The third-order valence-corrected chi connectivity index (χ3v) is 5.86. The van der Waals surface area contributed by atoms with Gasteiger partial charge in [0, 0.05) is 23.8 Å². The number of carbonyl (C=O) groups excluding carboxylic acids is 2. The van der Waals surface area contributed by atoms with Crippen LogP contribution in [0, 0.1) is 11.8 Å². The molecule has 0 aromatic carbocycles. The van der Waals surface area contributed by atoms with Crippen LogP contribution in [0.5, 0.6) is 0 Å².